The van der Waals surface area contributed by atoms with E-state index in [1.54, 1.807) is 31.9 Å². The zero-order valence-electron chi connectivity index (χ0n) is 19.3. The van der Waals surface area contributed by atoms with Crippen LogP contribution in [0.25, 0.3) is 21.3 Å². The summed E-state index contributed by atoms with van der Waals surface area (Å²) >= 11 is 1.59. The van der Waals surface area contributed by atoms with Crippen LogP contribution in [0.1, 0.15) is 32.6 Å². The fraction of sp³-hybridized carbons (Fsp3) is 0.308. The summed E-state index contributed by atoms with van der Waals surface area (Å²) in [5.41, 5.74) is 3.01. The highest BCUT2D eigenvalue weighted by Crippen LogP contribution is 2.40. The summed E-state index contributed by atoms with van der Waals surface area (Å²) in [6.07, 6.45) is 6.38. The van der Waals surface area contributed by atoms with Crippen LogP contribution >= 0.6 is 11.3 Å². The molecule has 0 fully saturated rings. The molecule has 0 aliphatic rings. The summed E-state index contributed by atoms with van der Waals surface area (Å²) in [6, 6.07) is 13.9. The first-order valence-corrected chi connectivity index (χ1v) is 12.1. The third-order valence-corrected chi connectivity index (χ3v) is 6.33. The average Bonchev–Trinajstić information content (AvgIpc) is 3.30. The number of fused-ring (bicyclic) bond motifs is 1. The topological polar surface area (TPSA) is 65.5 Å². The maximum atomic E-state index is 5.86. The highest BCUT2D eigenvalue weighted by molar-refractivity contribution is 7.17. The van der Waals surface area contributed by atoms with Crippen molar-refractivity contribution in [2.75, 3.05) is 26.1 Å². The molecule has 4 aromatic rings. The van der Waals surface area contributed by atoms with E-state index >= 15 is 0 Å². The van der Waals surface area contributed by atoms with Crippen LogP contribution in [0.2, 0.25) is 0 Å². The second-order valence-electron chi connectivity index (χ2n) is 7.68. The molecule has 0 spiro atoms. The molecular weight excluding hydrogens is 434 g/mol. The molecule has 0 saturated heterocycles. The number of thiophene rings is 1. The van der Waals surface area contributed by atoms with Gasteiger partial charge in [0.05, 0.1) is 26.2 Å². The van der Waals surface area contributed by atoms with Gasteiger partial charge in [-0.25, -0.2) is 9.97 Å². The molecule has 4 rings (SSSR count). The van der Waals surface area contributed by atoms with Crippen molar-refractivity contribution in [2.24, 2.45) is 0 Å². The maximum absolute atomic E-state index is 5.86. The van der Waals surface area contributed by atoms with Gasteiger partial charge in [0, 0.05) is 16.6 Å². The van der Waals surface area contributed by atoms with Crippen LogP contribution in [-0.2, 0) is 0 Å². The van der Waals surface area contributed by atoms with Gasteiger partial charge in [0.25, 0.3) is 0 Å². The largest absolute Gasteiger partial charge is 0.494 e. The van der Waals surface area contributed by atoms with Crippen molar-refractivity contribution in [1.29, 1.82) is 0 Å². The van der Waals surface area contributed by atoms with Gasteiger partial charge in [-0.2, -0.15) is 0 Å². The van der Waals surface area contributed by atoms with Crippen LogP contribution in [0.5, 0.6) is 17.2 Å². The van der Waals surface area contributed by atoms with E-state index in [1.165, 1.54) is 19.3 Å². The minimum absolute atomic E-state index is 0.686. The smallest absolute Gasteiger partial charge is 0.161 e. The molecule has 6 nitrogen and oxygen atoms in total. The lowest BCUT2D eigenvalue weighted by atomic mass is 10.1. The Hall–Kier alpha value is -3.32. The monoisotopic (exact) mass is 463 g/mol. The van der Waals surface area contributed by atoms with Gasteiger partial charge in [-0.05, 0) is 48.4 Å². The van der Waals surface area contributed by atoms with Crippen LogP contribution in [0.4, 0.5) is 11.5 Å². The van der Waals surface area contributed by atoms with E-state index in [-0.39, 0.29) is 0 Å². The minimum Gasteiger partial charge on any atom is -0.494 e. The van der Waals surface area contributed by atoms with Gasteiger partial charge >= 0.3 is 0 Å². The Kier molecular flexibility index (Phi) is 7.62. The fourth-order valence-electron chi connectivity index (χ4n) is 3.68. The van der Waals surface area contributed by atoms with Crippen LogP contribution in [-0.4, -0.2) is 30.8 Å². The van der Waals surface area contributed by atoms with Crippen LogP contribution in [0, 0.1) is 0 Å². The number of nitrogens with one attached hydrogen (secondary N) is 1. The zero-order valence-corrected chi connectivity index (χ0v) is 20.1. The summed E-state index contributed by atoms with van der Waals surface area (Å²) in [6.45, 7) is 2.97. The third-order valence-electron chi connectivity index (χ3n) is 5.45. The van der Waals surface area contributed by atoms with Gasteiger partial charge in [0.15, 0.2) is 11.5 Å². The predicted molar refractivity (Wildman–Crippen MR) is 135 cm³/mol. The highest BCUT2D eigenvalue weighted by Gasteiger charge is 2.15. The molecule has 2 aromatic heterocycles. The molecular formula is C26H29N3O3S. The average molecular weight is 464 g/mol. The molecule has 1 N–H and O–H groups in total. The van der Waals surface area contributed by atoms with Crippen molar-refractivity contribution >= 4 is 33.1 Å². The molecule has 0 amide bonds. The Morgan fingerprint density at radius 1 is 0.909 bits per heavy atom. The molecule has 2 aromatic carbocycles. The second-order valence-corrected chi connectivity index (χ2v) is 8.54. The number of unbranched alkanes of at least 4 members (excludes halogenated alkanes) is 3. The van der Waals surface area contributed by atoms with Crippen molar-refractivity contribution in [1.82, 2.24) is 9.97 Å². The maximum Gasteiger partial charge on any atom is 0.161 e. The van der Waals surface area contributed by atoms with E-state index in [0.717, 1.165) is 51.6 Å². The number of benzene rings is 2. The van der Waals surface area contributed by atoms with Crippen molar-refractivity contribution in [2.45, 2.75) is 32.6 Å². The second kappa shape index (κ2) is 11.0. The van der Waals surface area contributed by atoms with Gasteiger partial charge in [0.2, 0.25) is 0 Å². The molecule has 0 unspecified atom stereocenters. The van der Waals surface area contributed by atoms with Crippen molar-refractivity contribution in [3.8, 4) is 28.4 Å². The molecule has 0 atom stereocenters. The number of rotatable bonds is 11. The molecule has 33 heavy (non-hydrogen) atoms. The van der Waals surface area contributed by atoms with Crippen molar-refractivity contribution < 1.29 is 14.2 Å². The lowest BCUT2D eigenvalue weighted by Gasteiger charge is -2.11. The molecule has 0 radical (unpaired) electrons. The van der Waals surface area contributed by atoms with Gasteiger partial charge < -0.3 is 19.5 Å². The molecule has 2 heterocycles. The highest BCUT2D eigenvalue weighted by atomic mass is 32.1. The lowest BCUT2D eigenvalue weighted by Crippen LogP contribution is -1.98. The normalized spacial score (nSPS) is 10.9. The van der Waals surface area contributed by atoms with Crippen molar-refractivity contribution in [3.05, 3.63) is 54.2 Å². The summed E-state index contributed by atoms with van der Waals surface area (Å²) < 4.78 is 16.7. The number of ether oxygens (including phenoxy) is 3. The number of hydrogen-bond donors (Lipinski definition) is 1. The van der Waals surface area contributed by atoms with E-state index in [1.807, 2.05) is 42.5 Å². The number of methoxy groups -OCH3 is 2. The Morgan fingerprint density at radius 3 is 2.48 bits per heavy atom. The number of nitrogens with zero attached hydrogens (tertiary/aromatic N) is 2. The molecule has 0 saturated carbocycles. The van der Waals surface area contributed by atoms with Crippen LogP contribution in [0.15, 0.2) is 54.2 Å². The first-order chi connectivity index (χ1) is 16.2. The molecule has 0 aliphatic heterocycles. The molecule has 7 heteroatoms. The van der Waals surface area contributed by atoms with Crippen molar-refractivity contribution in [3.63, 3.8) is 0 Å². The summed E-state index contributed by atoms with van der Waals surface area (Å²) in [5.74, 6) is 3.03. The Morgan fingerprint density at radius 2 is 1.73 bits per heavy atom. The quantitative estimate of drug-likeness (QED) is 0.240. The standard InChI is InChI=1S/C26H29N3O3S/c1-4-5-6-7-14-32-20-11-9-19(10-12-20)29-25-24-21(16-33-26(24)28-17-27-25)18-8-13-22(30-2)23(15-18)31-3/h8-13,15-17H,4-7,14H2,1-3H3,(H,27,28,29). The number of aromatic nitrogens is 2. The summed E-state index contributed by atoms with van der Waals surface area (Å²) in [7, 11) is 3.28. The van der Waals surface area contributed by atoms with E-state index in [0.29, 0.717) is 11.5 Å². The third kappa shape index (κ3) is 5.37. The molecule has 172 valence electrons. The van der Waals surface area contributed by atoms with Crippen LogP contribution in [0.3, 0.4) is 0 Å². The van der Waals surface area contributed by atoms with Gasteiger partial charge in [-0.3, -0.25) is 0 Å². The fourth-order valence-corrected chi connectivity index (χ4v) is 4.59. The Labute approximate surface area is 198 Å². The van der Waals surface area contributed by atoms with Crippen LogP contribution < -0.4 is 19.5 Å². The SMILES string of the molecule is CCCCCCOc1ccc(Nc2ncnc3scc(-c4ccc(OC)c(OC)c4)c23)cc1. The minimum atomic E-state index is 0.686. The molecule has 0 aliphatic carbocycles. The van der Waals surface area contributed by atoms with E-state index < -0.39 is 0 Å². The van der Waals surface area contributed by atoms with E-state index in [4.69, 9.17) is 14.2 Å². The Balaban J connectivity index is 1.55. The van der Waals surface area contributed by atoms with E-state index in [9.17, 15) is 0 Å². The number of hydrogen-bond acceptors (Lipinski definition) is 7. The first kappa shape index (κ1) is 22.9. The molecule has 0 bridgehead atoms. The van der Waals surface area contributed by atoms with Gasteiger partial charge in [-0.15, -0.1) is 11.3 Å². The Bertz CT molecular complexity index is 1190. The van der Waals surface area contributed by atoms with Gasteiger partial charge in [-0.1, -0.05) is 32.3 Å². The van der Waals surface area contributed by atoms with E-state index in [2.05, 4.69) is 27.6 Å². The number of anilines is 2. The zero-order chi connectivity index (χ0) is 23.0. The lowest BCUT2D eigenvalue weighted by molar-refractivity contribution is 0.305. The first-order valence-electron chi connectivity index (χ1n) is 11.2. The summed E-state index contributed by atoms with van der Waals surface area (Å²) in [5, 5.41) is 6.53. The van der Waals surface area contributed by atoms with Gasteiger partial charge in [0.1, 0.15) is 22.7 Å². The summed E-state index contributed by atoms with van der Waals surface area (Å²) in [4.78, 5) is 9.92. The predicted octanol–water partition coefficient (Wildman–Crippen LogP) is 7.08.